The fraction of sp³-hybridized carbons (Fsp3) is 0.533. The lowest BCUT2D eigenvalue weighted by Crippen LogP contribution is -2.60. The Hall–Kier alpha value is -1.51. The second-order valence-corrected chi connectivity index (χ2v) is 5.05. The molecule has 0 saturated carbocycles. The molecular weight excluding hydrogens is 290 g/mol. The Morgan fingerprint density at radius 2 is 1.95 bits per heavy atom. The van der Waals surface area contributed by atoms with Crippen molar-refractivity contribution in [2.75, 3.05) is 20.8 Å². The highest BCUT2D eigenvalue weighted by Crippen LogP contribution is 2.32. The predicted octanol–water partition coefficient (Wildman–Crippen LogP) is 0.835. The summed E-state index contributed by atoms with van der Waals surface area (Å²) < 4.78 is 22.4. The molecule has 7 nitrogen and oxygen atoms in total. The van der Waals surface area contributed by atoms with Crippen LogP contribution in [-0.4, -0.2) is 56.2 Å². The molecule has 2 heterocycles. The third-order valence-electron chi connectivity index (χ3n) is 3.68. The van der Waals surface area contributed by atoms with E-state index in [1.165, 1.54) is 14.2 Å². The smallest absolute Gasteiger partial charge is 0.189 e. The van der Waals surface area contributed by atoms with Gasteiger partial charge >= 0.3 is 0 Å². The van der Waals surface area contributed by atoms with Crippen molar-refractivity contribution in [1.82, 2.24) is 0 Å². The van der Waals surface area contributed by atoms with Crippen LogP contribution in [0.4, 0.5) is 0 Å². The number of rotatable bonds is 3. The molecule has 1 aromatic rings. The van der Waals surface area contributed by atoms with Gasteiger partial charge in [-0.05, 0) is 0 Å². The third kappa shape index (κ3) is 2.86. The van der Waals surface area contributed by atoms with E-state index in [0.717, 1.165) is 5.56 Å². The van der Waals surface area contributed by atoms with E-state index >= 15 is 0 Å². The molecular formula is C15H19NO6. The lowest BCUT2D eigenvalue weighted by Gasteiger charge is -2.43. The quantitative estimate of drug-likeness (QED) is 0.834. The van der Waals surface area contributed by atoms with Crippen LogP contribution in [0.1, 0.15) is 11.9 Å². The van der Waals surface area contributed by atoms with Gasteiger partial charge in [-0.2, -0.15) is 0 Å². The van der Waals surface area contributed by atoms with Gasteiger partial charge in [0.1, 0.15) is 31.1 Å². The Bertz CT molecular complexity index is 522. The van der Waals surface area contributed by atoms with Crippen LogP contribution in [0.15, 0.2) is 35.5 Å². The number of hydrogen-bond acceptors (Lipinski definition) is 7. The zero-order valence-corrected chi connectivity index (χ0v) is 12.4. The monoisotopic (exact) mass is 309 g/mol. The fourth-order valence-corrected chi connectivity index (χ4v) is 2.64. The second kappa shape index (κ2) is 6.72. The van der Waals surface area contributed by atoms with Crippen LogP contribution in [0.25, 0.3) is 0 Å². The van der Waals surface area contributed by atoms with Gasteiger partial charge in [0.25, 0.3) is 0 Å². The van der Waals surface area contributed by atoms with Crippen LogP contribution in [0, 0.1) is 0 Å². The molecule has 1 N–H and O–H groups in total. The molecule has 1 aromatic carbocycles. The largest absolute Gasteiger partial charge is 0.399 e. The summed E-state index contributed by atoms with van der Waals surface area (Å²) in [6.45, 7) is 0.305. The normalized spacial score (nSPS) is 36.9. The van der Waals surface area contributed by atoms with Gasteiger partial charge in [0.2, 0.25) is 0 Å². The highest BCUT2D eigenvalue weighted by molar-refractivity contribution is 5.93. The zero-order valence-electron chi connectivity index (χ0n) is 12.4. The molecule has 5 atom stereocenters. The summed E-state index contributed by atoms with van der Waals surface area (Å²) in [5.74, 6) is 0. The second-order valence-electron chi connectivity index (χ2n) is 5.05. The van der Waals surface area contributed by atoms with Crippen molar-refractivity contribution >= 4 is 5.71 Å². The first kappa shape index (κ1) is 15.4. The molecule has 0 aliphatic carbocycles. The van der Waals surface area contributed by atoms with E-state index in [-0.39, 0.29) is 0 Å². The van der Waals surface area contributed by atoms with Crippen LogP contribution in [0.2, 0.25) is 0 Å². The number of hydrogen-bond donors (Lipinski definition) is 1. The Kier molecular flexibility index (Phi) is 4.70. The Labute approximate surface area is 128 Å². The average molecular weight is 309 g/mol. The standard InChI is InChI=1S/C15H19NO6/c1-18-15-12(17)11(16-19-2)13-10(21-15)8-20-14(22-13)9-6-4-3-5-7-9/h3-7,10,12-15,17H,8H2,1-2H3/t10-,12-,13-,14-,15-/m1/s1. The van der Waals surface area contributed by atoms with Gasteiger partial charge < -0.3 is 28.9 Å². The highest BCUT2D eigenvalue weighted by atomic mass is 16.7. The first-order chi connectivity index (χ1) is 10.7. The lowest BCUT2D eigenvalue weighted by molar-refractivity contribution is -0.300. The van der Waals surface area contributed by atoms with Crippen molar-refractivity contribution in [3.8, 4) is 0 Å². The number of benzene rings is 1. The number of aliphatic hydroxyl groups excluding tert-OH is 1. The maximum Gasteiger partial charge on any atom is 0.189 e. The molecule has 7 heteroatoms. The first-order valence-electron chi connectivity index (χ1n) is 7.04. The maximum absolute atomic E-state index is 10.3. The molecule has 0 amide bonds. The summed E-state index contributed by atoms with van der Waals surface area (Å²) in [6.07, 6.45) is -3.39. The van der Waals surface area contributed by atoms with E-state index in [1.807, 2.05) is 30.3 Å². The van der Waals surface area contributed by atoms with Crippen molar-refractivity contribution in [3.63, 3.8) is 0 Å². The molecule has 2 saturated heterocycles. The van der Waals surface area contributed by atoms with Gasteiger partial charge in [-0.1, -0.05) is 35.5 Å². The van der Waals surface area contributed by atoms with Gasteiger partial charge in [0.15, 0.2) is 12.6 Å². The molecule has 3 rings (SSSR count). The van der Waals surface area contributed by atoms with Gasteiger partial charge in [0, 0.05) is 12.7 Å². The molecule has 0 radical (unpaired) electrons. The zero-order chi connectivity index (χ0) is 15.5. The van der Waals surface area contributed by atoms with Crippen molar-refractivity contribution in [3.05, 3.63) is 35.9 Å². The SMILES string of the molecule is CON=C1[C@@H](O)[C@H](OC)O[C@@H]2CO[C@@H](c3ccccc3)O[C@@H]12. The molecule has 0 unspecified atom stereocenters. The highest BCUT2D eigenvalue weighted by Gasteiger charge is 2.48. The van der Waals surface area contributed by atoms with Crippen LogP contribution < -0.4 is 0 Å². The number of ether oxygens (including phenoxy) is 4. The number of oxime groups is 1. The Balaban J connectivity index is 1.82. The van der Waals surface area contributed by atoms with E-state index in [0.29, 0.717) is 12.3 Å². The van der Waals surface area contributed by atoms with E-state index in [9.17, 15) is 5.11 Å². The van der Waals surface area contributed by atoms with Crippen LogP contribution in [0.3, 0.4) is 0 Å². The van der Waals surface area contributed by atoms with Gasteiger partial charge in [-0.3, -0.25) is 0 Å². The van der Waals surface area contributed by atoms with Gasteiger partial charge in [0.05, 0.1) is 6.61 Å². The molecule has 0 bridgehead atoms. The van der Waals surface area contributed by atoms with Gasteiger partial charge in [-0.15, -0.1) is 0 Å². The third-order valence-corrected chi connectivity index (χ3v) is 3.68. The van der Waals surface area contributed by atoms with Crippen molar-refractivity contribution in [1.29, 1.82) is 0 Å². The predicted molar refractivity (Wildman–Crippen MR) is 76.1 cm³/mol. The molecule has 0 aromatic heterocycles. The summed E-state index contributed by atoms with van der Waals surface area (Å²) in [5, 5.41) is 14.2. The minimum absolute atomic E-state index is 0.305. The molecule has 2 fully saturated rings. The summed E-state index contributed by atoms with van der Waals surface area (Å²) in [6, 6.07) is 9.56. The van der Waals surface area contributed by atoms with Crippen molar-refractivity contribution in [2.24, 2.45) is 5.16 Å². The molecule has 22 heavy (non-hydrogen) atoms. The van der Waals surface area contributed by atoms with E-state index in [4.69, 9.17) is 23.8 Å². The molecule has 2 aliphatic heterocycles. The average Bonchev–Trinajstić information content (AvgIpc) is 2.57. The summed E-state index contributed by atoms with van der Waals surface area (Å²) in [4.78, 5) is 4.83. The maximum atomic E-state index is 10.3. The van der Waals surface area contributed by atoms with Crippen LogP contribution in [-0.2, 0) is 23.8 Å². The molecule has 0 spiro atoms. The minimum atomic E-state index is -1.05. The van der Waals surface area contributed by atoms with Crippen LogP contribution >= 0.6 is 0 Å². The van der Waals surface area contributed by atoms with Gasteiger partial charge in [-0.25, -0.2) is 0 Å². The number of nitrogens with zero attached hydrogens (tertiary/aromatic N) is 1. The lowest BCUT2D eigenvalue weighted by atomic mass is 9.99. The molecule has 2 aliphatic rings. The van der Waals surface area contributed by atoms with Crippen LogP contribution in [0.5, 0.6) is 0 Å². The van der Waals surface area contributed by atoms with E-state index < -0.39 is 30.9 Å². The summed E-state index contributed by atoms with van der Waals surface area (Å²) in [7, 11) is 2.87. The summed E-state index contributed by atoms with van der Waals surface area (Å²) >= 11 is 0. The number of methoxy groups -OCH3 is 1. The summed E-state index contributed by atoms with van der Waals surface area (Å²) in [5.41, 5.74) is 1.23. The number of aliphatic hydroxyl groups is 1. The molecule has 120 valence electrons. The Morgan fingerprint density at radius 3 is 2.64 bits per heavy atom. The minimum Gasteiger partial charge on any atom is -0.399 e. The van der Waals surface area contributed by atoms with E-state index in [2.05, 4.69) is 5.16 Å². The van der Waals surface area contributed by atoms with Crippen molar-refractivity contribution < 1.29 is 28.9 Å². The van der Waals surface area contributed by atoms with E-state index in [1.54, 1.807) is 0 Å². The Morgan fingerprint density at radius 1 is 1.18 bits per heavy atom. The topological polar surface area (TPSA) is 78.7 Å². The van der Waals surface area contributed by atoms with Crippen molar-refractivity contribution in [2.45, 2.75) is 30.9 Å². The number of fused-ring (bicyclic) bond motifs is 1. The first-order valence-corrected chi connectivity index (χ1v) is 7.04. The fourth-order valence-electron chi connectivity index (χ4n) is 2.64.